The van der Waals surface area contributed by atoms with Gasteiger partial charge in [0.05, 0.1) is 5.71 Å². The van der Waals surface area contributed by atoms with Gasteiger partial charge in [-0.15, -0.1) is 0 Å². The summed E-state index contributed by atoms with van der Waals surface area (Å²) in [5, 5.41) is 10.2. The molecule has 2 aromatic carbocycles. The maximum Gasteiger partial charge on any atom is 0.273 e. The molecule has 0 saturated heterocycles. The van der Waals surface area contributed by atoms with Gasteiger partial charge in [-0.25, -0.2) is 8.78 Å². The van der Waals surface area contributed by atoms with E-state index < -0.39 is 17.5 Å². The number of aryl methyl sites for hydroxylation is 1. The number of carbonyl (C=O) groups excluding carboxylic acids is 1. The number of amides is 1. The predicted molar refractivity (Wildman–Crippen MR) is 102 cm³/mol. The van der Waals surface area contributed by atoms with E-state index in [0.29, 0.717) is 11.1 Å². The Balaban J connectivity index is 2.29. The fourth-order valence-corrected chi connectivity index (χ4v) is 2.56. The second-order valence-electron chi connectivity index (χ2n) is 5.88. The van der Waals surface area contributed by atoms with Crippen molar-refractivity contribution in [2.24, 2.45) is 10.3 Å². The molecule has 0 aliphatic rings. The Labute approximate surface area is 161 Å². The number of halogens is 2. The molecule has 0 radical (unpaired) electrons. The van der Waals surface area contributed by atoms with E-state index in [4.69, 9.17) is 9.68 Å². The summed E-state index contributed by atoms with van der Waals surface area (Å²) < 4.78 is 26.9. The van der Waals surface area contributed by atoms with Gasteiger partial charge in [-0.05, 0) is 31.5 Å². The van der Waals surface area contributed by atoms with Gasteiger partial charge < -0.3 is 15.0 Å². The maximum atomic E-state index is 13.8. The van der Waals surface area contributed by atoms with Crippen LogP contribution in [-0.4, -0.2) is 31.5 Å². The fraction of sp³-hybridized carbons (Fsp3) is 0.250. The Morgan fingerprint density at radius 1 is 1.14 bits per heavy atom. The number of hydrogen-bond donors (Lipinski definition) is 1. The number of nitrogens with zero attached hydrogens (tertiary/aromatic N) is 2. The topological polar surface area (TPSA) is 72.3 Å². The molecule has 0 aliphatic heterocycles. The molecule has 0 saturated carbocycles. The second kappa shape index (κ2) is 9.59. The van der Waals surface area contributed by atoms with Crippen LogP contribution in [0.5, 0.6) is 0 Å². The Bertz CT molecular complexity index is 927. The van der Waals surface area contributed by atoms with E-state index in [9.17, 15) is 13.6 Å². The third kappa shape index (κ3) is 4.91. The minimum absolute atomic E-state index is 0.0158. The molecule has 0 bridgehead atoms. The summed E-state index contributed by atoms with van der Waals surface area (Å²) in [5.41, 5.74) is 2.55. The fourth-order valence-electron chi connectivity index (χ4n) is 2.56. The summed E-state index contributed by atoms with van der Waals surface area (Å²) >= 11 is 0. The van der Waals surface area contributed by atoms with Gasteiger partial charge in [-0.3, -0.25) is 4.79 Å². The molecule has 6 nitrogen and oxygen atoms in total. The Kier molecular flexibility index (Phi) is 7.20. The van der Waals surface area contributed by atoms with E-state index in [1.807, 2.05) is 13.0 Å². The molecule has 2 aromatic rings. The quantitative estimate of drug-likeness (QED) is 0.583. The first kappa shape index (κ1) is 21.0. The van der Waals surface area contributed by atoms with Crippen LogP contribution in [0.2, 0.25) is 0 Å². The standard InChI is InChI=1S/C20H21F2N3O3/c1-12-6-5-7-16(19(25-27-4)20(26)23-3)17(12)11-28-24-13(2)15-9-8-14(21)10-18(15)22/h5-10H,11H2,1-4H3,(H,23,26)/b24-13+,25-19+. The lowest BCUT2D eigenvalue weighted by Gasteiger charge is -2.13. The molecular formula is C20H21F2N3O3. The van der Waals surface area contributed by atoms with Crippen molar-refractivity contribution < 1.29 is 23.3 Å². The van der Waals surface area contributed by atoms with Gasteiger partial charge in [0.2, 0.25) is 0 Å². The first-order chi connectivity index (χ1) is 13.4. The maximum absolute atomic E-state index is 13.8. The number of hydrogen-bond acceptors (Lipinski definition) is 5. The molecule has 0 aliphatic carbocycles. The summed E-state index contributed by atoms with van der Waals surface area (Å²) in [7, 11) is 2.84. The van der Waals surface area contributed by atoms with Gasteiger partial charge in [0.1, 0.15) is 25.4 Å². The van der Waals surface area contributed by atoms with Crippen LogP contribution in [0.15, 0.2) is 46.7 Å². The van der Waals surface area contributed by atoms with Crippen molar-refractivity contribution in [3.05, 3.63) is 70.3 Å². The lowest BCUT2D eigenvalue weighted by molar-refractivity contribution is -0.114. The van der Waals surface area contributed by atoms with Crippen molar-refractivity contribution in [1.29, 1.82) is 0 Å². The molecule has 2 rings (SSSR count). The number of nitrogens with one attached hydrogen (secondary N) is 1. The van der Waals surface area contributed by atoms with Gasteiger partial charge in [0.25, 0.3) is 5.91 Å². The average Bonchev–Trinajstić information content (AvgIpc) is 2.66. The predicted octanol–water partition coefficient (Wildman–Crippen LogP) is 3.31. The van der Waals surface area contributed by atoms with E-state index in [1.54, 1.807) is 19.1 Å². The van der Waals surface area contributed by atoms with Gasteiger partial charge in [0, 0.05) is 29.8 Å². The van der Waals surface area contributed by atoms with Crippen LogP contribution in [0.4, 0.5) is 8.78 Å². The Morgan fingerprint density at radius 3 is 2.54 bits per heavy atom. The molecule has 28 heavy (non-hydrogen) atoms. The van der Waals surface area contributed by atoms with Crippen molar-refractivity contribution in [2.45, 2.75) is 20.5 Å². The number of benzene rings is 2. The zero-order chi connectivity index (χ0) is 20.7. The van der Waals surface area contributed by atoms with Crippen LogP contribution in [0.25, 0.3) is 0 Å². The zero-order valence-electron chi connectivity index (χ0n) is 16.0. The first-order valence-electron chi connectivity index (χ1n) is 8.43. The normalized spacial score (nSPS) is 11.9. The van der Waals surface area contributed by atoms with E-state index in [1.165, 1.54) is 20.2 Å². The van der Waals surface area contributed by atoms with E-state index in [-0.39, 0.29) is 23.6 Å². The lowest BCUT2D eigenvalue weighted by Crippen LogP contribution is -2.29. The van der Waals surface area contributed by atoms with Gasteiger partial charge in [-0.2, -0.15) is 0 Å². The van der Waals surface area contributed by atoms with Crippen LogP contribution in [0, 0.1) is 18.6 Å². The van der Waals surface area contributed by atoms with E-state index >= 15 is 0 Å². The molecule has 148 valence electrons. The number of likely N-dealkylation sites (N-methyl/N-ethyl adjacent to an activating group) is 1. The lowest BCUT2D eigenvalue weighted by atomic mass is 9.98. The van der Waals surface area contributed by atoms with Gasteiger partial charge >= 0.3 is 0 Å². The van der Waals surface area contributed by atoms with Crippen LogP contribution >= 0.6 is 0 Å². The molecule has 1 amide bonds. The van der Waals surface area contributed by atoms with Crippen LogP contribution in [0.3, 0.4) is 0 Å². The highest BCUT2D eigenvalue weighted by Crippen LogP contribution is 2.18. The molecule has 1 N–H and O–H groups in total. The minimum Gasteiger partial charge on any atom is -0.398 e. The third-order valence-corrected chi connectivity index (χ3v) is 4.02. The number of oxime groups is 2. The van der Waals surface area contributed by atoms with Gasteiger partial charge in [0.15, 0.2) is 5.71 Å². The molecular weight excluding hydrogens is 368 g/mol. The molecule has 0 spiro atoms. The monoisotopic (exact) mass is 389 g/mol. The smallest absolute Gasteiger partial charge is 0.273 e. The molecule has 8 heteroatoms. The van der Waals surface area contributed by atoms with Crippen LogP contribution in [-0.2, 0) is 21.1 Å². The summed E-state index contributed by atoms with van der Waals surface area (Å²) in [5.74, 6) is -1.81. The van der Waals surface area contributed by atoms with Crippen molar-refractivity contribution in [3.63, 3.8) is 0 Å². The summed E-state index contributed by atoms with van der Waals surface area (Å²) in [6, 6.07) is 8.58. The molecule has 0 fully saturated rings. The Morgan fingerprint density at radius 2 is 1.89 bits per heavy atom. The van der Waals surface area contributed by atoms with Crippen molar-refractivity contribution in [1.82, 2.24) is 5.32 Å². The summed E-state index contributed by atoms with van der Waals surface area (Å²) in [6.07, 6.45) is 0. The molecule has 0 unspecified atom stereocenters. The number of rotatable bonds is 7. The third-order valence-electron chi connectivity index (χ3n) is 4.02. The highest BCUT2D eigenvalue weighted by molar-refractivity contribution is 6.45. The largest absolute Gasteiger partial charge is 0.398 e. The molecule has 0 atom stereocenters. The van der Waals surface area contributed by atoms with Crippen molar-refractivity contribution in [2.75, 3.05) is 14.2 Å². The van der Waals surface area contributed by atoms with Crippen molar-refractivity contribution >= 4 is 17.3 Å². The molecule has 0 heterocycles. The average molecular weight is 389 g/mol. The summed E-state index contributed by atoms with van der Waals surface area (Å²) in [4.78, 5) is 22.3. The van der Waals surface area contributed by atoms with Crippen molar-refractivity contribution in [3.8, 4) is 0 Å². The molecule has 0 aromatic heterocycles. The van der Waals surface area contributed by atoms with Crippen LogP contribution in [0.1, 0.15) is 29.2 Å². The summed E-state index contributed by atoms with van der Waals surface area (Å²) in [6.45, 7) is 3.42. The van der Waals surface area contributed by atoms with Gasteiger partial charge in [-0.1, -0.05) is 28.5 Å². The zero-order valence-corrected chi connectivity index (χ0v) is 16.0. The second-order valence-corrected chi connectivity index (χ2v) is 5.88. The highest BCUT2D eigenvalue weighted by Gasteiger charge is 2.19. The highest BCUT2D eigenvalue weighted by atomic mass is 19.1. The van der Waals surface area contributed by atoms with E-state index in [0.717, 1.165) is 17.7 Å². The van der Waals surface area contributed by atoms with Crippen LogP contribution < -0.4 is 5.32 Å². The van der Waals surface area contributed by atoms with E-state index in [2.05, 4.69) is 15.6 Å². The minimum atomic E-state index is -0.726. The number of carbonyl (C=O) groups is 1. The first-order valence-corrected chi connectivity index (χ1v) is 8.43. The SMILES string of the molecule is CNC(=O)/C(=N/OC)c1cccc(C)c1CO/N=C(\C)c1ccc(F)cc1F. The Hall–Kier alpha value is -3.29.